The Morgan fingerprint density at radius 3 is 2.21 bits per heavy atom. The molecule has 0 saturated carbocycles. The van der Waals surface area contributed by atoms with Crippen molar-refractivity contribution in [3.05, 3.63) is 47.0 Å². The van der Waals surface area contributed by atoms with Gasteiger partial charge < -0.3 is 10.2 Å². The first-order valence-corrected chi connectivity index (χ1v) is 11.3. The standard InChI is InChI=1S/C24H33N3S/c1-6-8-13-27(14-9-7-2)21-12-10-11-20-23(21)28-24(25-20)26-22-18(4)15-17(3)16-19(22)5/h10-12,15-16H,6-9,13-14H2,1-5H3,(H,25,26). The molecule has 0 aliphatic carbocycles. The zero-order valence-electron chi connectivity index (χ0n) is 17.9. The van der Waals surface area contributed by atoms with E-state index in [1.54, 1.807) is 11.3 Å². The van der Waals surface area contributed by atoms with Crippen LogP contribution in [0, 0.1) is 20.8 Å². The fourth-order valence-corrected chi connectivity index (χ4v) is 4.78. The summed E-state index contributed by atoms with van der Waals surface area (Å²) in [6.07, 6.45) is 4.90. The zero-order chi connectivity index (χ0) is 20.1. The number of aromatic nitrogens is 1. The summed E-state index contributed by atoms with van der Waals surface area (Å²) < 4.78 is 1.29. The minimum absolute atomic E-state index is 0.975. The maximum absolute atomic E-state index is 4.90. The van der Waals surface area contributed by atoms with Crippen LogP contribution >= 0.6 is 11.3 Å². The molecule has 3 rings (SSSR count). The Hall–Kier alpha value is -2.07. The average Bonchev–Trinajstić information content (AvgIpc) is 3.08. The topological polar surface area (TPSA) is 28.2 Å². The Kier molecular flexibility index (Phi) is 6.95. The van der Waals surface area contributed by atoms with E-state index in [1.807, 2.05) is 0 Å². The second-order valence-electron chi connectivity index (χ2n) is 7.74. The average molecular weight is 396 g/mol. The molecule has 0 aliphatic heterocycles. The van der Waals surface area contributed by atoms with Crippen LogP contribution in [0.15, 0.2) is 30.3 Å². The van der Waals surface area contributed by atoms with Crippen molar-refractivity contribution in [2.45, 2.75) is 60.3 Å². The van der Waals surface area contributed by atoms with E-state index in [0.717, 1.165) is 23.7 Å². The fraction of sp³-hybridized carbons (Fsp3) is 0.458. The molecule has 0 bridgehead atoms. The van der Waals surface area contributed by atoms with Crippen molar-refractivity contribution in [3.8, 4) is 0 Å². The molecule has 0 fully saturated rings. The summed E-state index contributed by atoms with van der Waals surface area (Å²) in [4.78, 5) is 7.45. The minimum Gasteiger partial charge on any atom is -0.370 e. The molecule has 0 radical (unpaired) electrons. The SMILES string of the molecule is CCCCN(CCCC)c1cccc2nc(Nc3c(C)cc(C)cc3C)sc12. The number of anilines is 3. The Labute approximate surface area is 173 Å². The number of thiazole rings is 1. The van der Waals surface area contributed by atoms with Crippen LogP contribution in [-0.2, 0) is 0 Å². The van der Waals surface area contributed by atoms with E-state index < -0.39 is 0 Å². The first-order chi connectivity index (χ1) is 13.5. The van der Waals surface area contributed by atoms with Crippen molar-refractivity contribution in [1.29, 1.82) is 0 Å². The van der Waals surface area contributed by atoms with Crippen LogP contribution in [0.1, 0.15) is 56.2 Å². The van der Waals surface area contributed by atoms with Crippen molar-refractivity contribution in [1.82, 2.24) is 4.98 Å². The third kappa shape index (κ3) is 4.67. The summed E-state index contributed by atoms with van der Waals surface area (Å²) in [6, 6.07) is 11.0. The number of benzene rings is 2. The fourth-order valence-electron chi connectivity index (χ4n) is 3.77. The van der Waals surface area contributed by atoms with Crippen LogP contribution < -0.4 is 10.2 Å². The minimum atomic E-state index is 0.975. The summed E-state index contributed by atoms with van der Waals surface area (Å²) in [5.41, 5.74) is 7.44. The second-order valence-corrected chi connectivity index (χ2v) is 8.74. The van der Waals surface area contributed by atoms with E-state index in [1.165, 1.54) is 58.4 Å². The molecular weight excluding hydrogens is 362 g/mol. The molecule has 1 N–H and O–H groups in total. The molecule has 3 aromatic rings. The highest BCUT2D eigenvalue weighted by molar-refractivity contribution is 7.22. The molecule has 2 aromatic carbocycles. The van der Waals surface area contributed by atoms with E-state index in [4.69, 9.17) is 4.98 Å². The van der Waals surface area contributed by atoms with Gasteiger partial charge in [0.1, 0.15) is 0 Å². The number of fused-ring (bicyclic) bond motifs is 1. The Morgan fingerprint density at radius 2 is 1.61 bits per heavy atom. The zero-order valence-corrected chi connectivity index (χ0v) is 18.7. The van der Waals surface area contributed by atoms with Gasteiger partial charge in [-0.25, -0.2) is 4.98 Å². The van der Waals surface area contributed by atoms with Gasteiger partial charge in [0, 0.05) is 18.8 Å². The predicted octanol–water partition coefficient (Wildman–Crippen LogP) is 7.37. The summed E-state index contributed by atoms with van der Waals surface area (Å²) in [7, 11) is 0. The molecule has 0 aliphatic rings. The van der Waals surface area contributed by atoms with Gasteiger partial charge in [0.2, 0.25) is 0 Å². The molecule has 0 spiro atoms. The van der Waals surface area contributed by atoms with Gasteiger partial charge in [-0.05, 0) is 56.9 Å². The van der Waals surface area contributed by atoms with E-state index in [-0.39, 0.29) is 0 Å². The van der Waals surface area contributed by atoms with Gasteiger partial charge in [-0.2, -0.15) is 0 Å². The van der Waals surface area contributed by atoms with Crippen LogP contribution in [-0.4, -0.2) is 18.1 Å². The molecular formula is C24H33N3S. The van der Waals surface area contributed by atoms with Gasteiger partial charge in [-0.1, -0.05) is 61.8 Å². The van der Waals surface area contributed by atoms with Crippen LogP contribution in [0.2, 0.25) is 0 Å². The monoisotopic (exact) mass is 395 g/mol. The van der Waals surface area contributed by atoms with E-state index in [9.17, 15) is 0 Å². The van der Waals surface area contributed by atoms with Gasteiger partial charge in [0.15, 0.2) is 5.13 Å². The number of unbranched alkanes of at least 4 members (excludes halogenated alkanes) is 2. The van der Waals surface area contributed by atoms with Crippen LogP contribution in [0.25, 0.3) is 10.2 Å². The normalized spacial score (nSPS) is 11.2. The van der Waals surface area contributed by atoms with Crippen molar-refractivity contribution in [3.63, 3.8) is 0 Å². The van der Waals surface area contributed by atoms with Gasteiger partial charge in [-0.3, -0.25) is 0 Å². The second kappa shape index (κ2) is 9.42. The third-order valence-corrected chi connectivity index (χ3v) is 6.22. The molecule has 0 saturated heterocycles. The first-order valence-electron chi connectivity index (χ1n) is 10.5. The molecule has 0 atom stereocenters. The number of nitrogens with one attached hydrogen (secondary N) is 1. The largest absolute Gasteiger partial charge is 0.370 e. The maximum atomic E-state index is 4.90. The van der Waals surface area contributed by atoms with E-state index >= 15 is 0 Å². The van der Waals surface area contributed by atoms with Crippen molar-refractivity contribution >= 4 is 38.1 Å². The molecule has 0 unspecified atom stereocenters. The molecule has 1 heterocycles. The smallest absolute Gasteiger partial charge is 0.188 e. The highest BCUT2D eigenvalue weighted by atomic mass is 32.1. The van der Waals surface area contributed by atoms with Crippen molar-refractivity contribution < 1.29 is 0 Å². The van der Waals surface area contributed by atoms with Gasteiger partial charge in [0.05, 0.1) is 15.9 Å². The summed E-state index contributed by atoms with van der Waals surface area (Å²) in [5, 5.41) is 4.57. The lowest BCUT2D eigenvalue weighted by Crippen LogP contribution is -2.25. The highest BCUT2D eigenvalue weighted by Crippen LogP contribution is 2.37. The number of hydrogen-bond donors (Lipinski definition) is 1. The maximum Gasteiger partial charge on any atom is 0.188 e. The first kappa shape index (κ1) is 20.7. The number of nitrogens with zero attached hydrogens (tertiary/aromatic N) is 2. The van der Waals surface area contributed by atoms with Crippen molar-refractivity contribution in [2.24, 2.45) is 0 Å². The summed E-state index contributed by atoms with van der Waals surface area (Å²) >= 11 is 1.77. The Bertz CT molecular complexity index is 898. The van der Waals surface area contributed by atoms with Gasteiger partial charge in [0.25, 0.3) is 0 Å². The predicted molar refractivity (Wildman–Crippen MR) is 126 cm³/mol. The van der Waals surface area contributed by atoms with Crippen LogP contribution in [0.4, 0.5) is 16.5 Å². The quantitative estimate of drug-likeness (QED) is 0.410. The summed E-state index contributed by atoms with van der Waals surface area (Å²) in [5.74, 6) is 0. The van der Waals surface area contributed by atoms with E-state index in [0.29, 0.717) is 0 Å². The lowest BCUT2D eigenvalue weighted by Gasteiger charge is -2.25. The van der Waals surface area contributed by atoms with E-state index in [2.05, 4.69) is 75.2 Å². The highest BCUT2D eigenvalue weighted by Gasteiger charge is 2.14. The van der Waals surface area contributed by atoms with Crippen LogP contribution in [0.5, 0.6) is 0 Å². The summed E-state index contributed by atoms with van der Waals surface area (Å²) in [6.45, 7) is 13.2. The number of aryl methyl sites for hydroxylation is 3. The molecule has 3 nitrogen and oxygen atoms in total. The van der Waals surface area contributed by atoms with Crippen molar-refractivity contribution in [2.75, 3.05) is 23.3 Å². The van der Waals surface area contributed by atoms with Gasteiger partial charge in [-0.15, -0.1) is 0 Å². The molecule has 1 aromatic heterocycles. The Balaban J connectivity index is 1.94. The lowest BCUT2D eigenvalue weighted by molar-refractivity contribution is 0.680. The third-order valence-electron chi connectivity index (χ3n) is 5.21. The van der Waals surface area contributed by atoms with Gasteiger partial charge >= 0.3 is 0 Å². The number of rotatable bonds is 9. The number of hydrogen-bond acceptors (Lipinski definition) is 4. The molecule has 4 heteroatoms. The molecule has 28 heavy (non-hydrogen) atoms. The molecule has 150 valence electrons. The Morgan fingerprint density at radius 1 is 0.964 bits per heavy atom. The van der Waals surface area contributed by atoms with Crippen LogP contribution in [0.3, 0.4) is 0 Å². The molecule has 0 amide bonds. The lowest BCUT2D eigenvalue weighted by atomic mass is 10.1.